The molecule has 0 aliphatic carbocycles. The van der Waals surface area contributed by atoms with Gasteiger partial charge in [-0.15, -0.1) is 0 Å². The van der Waals surface area contributed by atoms with Gasteiger partial charge in [-0.3, -0.25) is 9.78 Å². The second-order valence-corrected chi connectivity index (χ2v) is 7.18. The zero-order chi connectivity index (χ0) is 20.6. The summed E-state index contributed by atoms with van der Waals surface area (Å²) >= 11 is 0. The standard InChI is InChI=1S/C24H27N3O2/c1-17(2)22-6-4-5-7-23(22)27-24(28)19-14-20(16-25-15-19)26-13-12-18-8-10-21(29-3)11-9-18/h4-11,14-17,26H,12-13H2,1-3H3,(H,27,28). The van der Waals surface area contributed by atoms with Crippen LogP contribution in [0.1, 0.15) is 41.3 Å². The average Bonchev–Trinajstić information content (AvgIpc) is 2.74. The molecular weight excluding hydrogens is 362 g/mol. The number of methoxy groups -OCH3 is 1. The Bertz CT molecular complexity index is 952. The largest absolute Gasteiger partial charge is 0.497 e. The summed E-state index contributed by atoms with van der Waals surface area (Å²) in [5.41, 5.74) is 4.51. The monoisotopic (exact) mass is 389 g/mol. The third-order valence-corrected chi connectivity index (χ3v) is 4.73. The van der Waals surface area contributed by atoms with Gasteiger partial charge in [0.25, 0.3) is 5.91 Å². The summed E-state index contributed by atoms with van der Waals surface area (Å²) < 4.78 is 5.18. The molecule has 2 aromatic carbocycles. The minimum absolute atomic E-state index is 0.163. The van der Waals surface area contributed by atoms with E-state index in [-0.39, 0.29) is 5.91 Å². The molecular formula is C24H27N3O2. The van der Waals surface area contributed by atoms with Crippen molar-refractivity contribution >= 4 is 17.3 Å². The number of carbonyl (C=O) groups excluding carboxylic acids is 1. The first-order chi connectivity index (χ1) is 14.1. The number of para-hydroxylation sites is 1. The van der Waals surface area contributed by atoms with Crippen molar-refractivity contribution in [2.75, 3.05) is 24.3 Å². The van der Waals surface area contributed by atoms with E-state index >= 15 is 0 Å². The van der Waals surface area contributed by atoms with Gasteiger partial charge in [0.05, 0.1) is 18.4 Å². The zero-order valence-electron chi connectivity index (χ0n) is 17.1. The molecule has 1 amide bonds. The average molecular weight is 389 g/mol. The van der Waals surface area contributed by atoms with Gasteiger partial charge in [0.15, 0.2) is 0 Å². The van der Waals surface area contributed by atoms with E-state index in [2.05, 4.69) is 41.6 Å². The van der Waals surface area contributed by atoms with Crippen molar-refractivity contribution in [1.82, 2.24) is 4.98 Å². The molecule has 1 heterocycles. The summed E-state index contributed by atoms with van der Waals surface area (Å²) in [4.78, 5) is 16.9. The van der Waals surface area contributed by atoms with Crippen molar-refractivity contribution in [3.05, 3.63) is 83.7 Å². The van der Waals surface area contributed by atoms with Gasteiger partial charge in [-0.2, -0.15) is 0 Å². The zero-order valence-corrected chi connectivity index (χ0v) is 17.1. The van der Waals surface area contributed by atoms with Crippen molar-refractivity contribution < 1.29 is 9.53 Å². The molecule has 0 aliphatic heterocycles. The highest BCUT2D eigenvalue weighted by Gasteiger charge is 2.11. The Morgan fingerprint density at radius 3 is 2.55 bits per heavy atom. The predicted octanol–water partition coefficient (Wildman–Crippen LogP) is 5.12. The van der Waals surface area contributed by atoms with E-state index in [0.717, 1.165) is 35.7 Å². The van der Waals surface area contributed by atoms with Gasteiger partial charge < -0.3 is 15.4 Å². The van der Waals surface area contributed by atoms with Crippen LogP contribution >= 0.6 is 0 Å². The number of pyridine rings is 1. The van der Waals surface area contributed by atoms with Crippen LogP contribution in [0.2, 0.25) is 0 Å². The Morgan fingerprint density at radius 1 is 1.07 bits per heavy atom. The molecule has 5 nitrogen and oxygen atoms in total. The lowest BCUT2D eigenvalue weighted by Crippen LogP contribution is -2.14. The van der Waals surface area contributed by atoms with Gasteiger partial charge in [0.1, 0.15) is 5.75 Å². The van der Waals surface area contributed by atoms with Gasteiger partial charge in [0, 0.05) is 24.6 Å². The van der Waals surface area contributed by atoms with Crippen LogP contribution < -0.4 is 15.4 Å². The highest BCUT2D eigenvalue weighted by molar-refractivity contribution is 6.05. The SMILES string of the molecule is COc1ccc(CCNc2cncc(C(=O)Nc3ccccc3C(C)C)c2)cc1. The van der Waals surface area contributed by atoms with E-state index in [1.54, 1.807) is 19.5 Å². The quantitative estimate of drug-likeness (QED) is 0.561. The fourth-order valence-electron chi connectivity index (χ4n) is 3.11. The number of hydrogen-bond acceptors (Lipinski definition) is 4. The number of anilines is 2. The number of benzene rings is 2. The molecule has 150 valence electrons. The minimum atomic E-state index is -0.163. The first-order valence-corrected chi connectivity index (χ1v) is 9.79. The van der Waals surface area contributed by atoms with Crippen molar-refractivity contribution in [1.29, 1.82) is 0 Å². The molecule has 0 aliphatic rings. The Labute approximate surface area is 172 Å². The maximum atomic E-state index is 12.7. The lowest BCUT2D eigenvalue weighted by Gasteiger charge is -2.14. The molecule has 0 saturated carbocycles. The molecule has 1 aromatic heterocycles. The molecule has 0 fully saturated rings. The molecule has 0 bridgehead atoms. The molecule has 3 rings (SSSR count). The first-order valence-electron chi connectivity index (χ1n) is 9.79. The predicted molar refractivity (Wildman–Crippen MR) is 118 cm³/mol. The number of amides is 1. The van der Waals surface area contributed by atoms with Crippen molar-refractivity contribution in [3.63, 3.8) is 0 Å². The smallest absolute Gasteiger partial charge is 0.257 e. The molecule has 0 saturated heterocycles. The molecule has 0 spiro atoms. The van der Waals surface area contributed by atoms with E-state index in [4.69, 9.17) is 4.74 Å². The number of nitrogens with one attached hydrogen (secondary N) is 2. The van der Waals surface area contributed by atoms with Crippen molar-refractivity contribution in [3.8, 4) is 5.75 Å². The summed E-state index contributed by atoms with van der Waals surface area (Å²) in [6.07, 6.45) is 4.18. The van der Waals surface area contributed by atoms with Crippen LogP contribution in [-0.4, -0.2) is 24.5 Å². The maximum absolute atomic E-state index is 12.7. The van der Waals surface area contributed by atoms with Crippen molar-refractivity contribution in [2.24, 2.45) is 0 Å². The molecule has 3 aromatic rings. The minimum Gasteiger partial charge on any atom is -0.497 e. The van der Waals surface area contributed by atoms with E-state index in [1.165, 1.54) is 5.56 Å². The fourth-order valence-corrected chi connectivity index (χ4v) is 3.11. The summed E-state index contributed by atoms with van der Waals surface area (Å²) in [5, 5.41) is 6.35. The Balaban J connectivity index is 1.60. The molecule has 0 atom stereocenters. The molecule has 5 heteroatoms. The number of nitrogens with zero attached hydrogens (tertiary/aromatic N) is 1. The number of aromatic nitrogens is 1. The van der Waals surface area contributed by atoms with Gasteiger partial charge in [-0.1, -0.05) is 44.2 Å². The summed E-state index contributed by atoms with van der Waals surface area (Å²) in [6, 6.07) is 17.7. The number of carbonyl (C=O) groups is 1. The van der Waals surface area contributed by atoms with Crippen molar-refractivity contribution in [2.45, 2.75) is 26.2 Å². The van der Waals surface area contributed by atoms with Gasteiger partial charge in [-0.05, 0) is 47.7 Å². The van der Waals surface area contributed by atoms with Gasteiger partial charge in [-0.25, -0.2) is 0 Å². The van der Waals surface area contributed by atoms with Gasteiger partial charge in [0.2, 0.25) is 0 Å². The van der Waals surface area contributed by atoms with Gasteiger partial charge >= 0.3 is 0 Å². The lowest BCUT2D eigenvalue weighted by molar-refractivity contribution is 0.102. The van der Waals surface area contributed by atoms with Crippen LogP contribution in [0.5, 0.6) is 5.75 Å². The van der Waals surface area contributed by atoms with Crippen LogP contribution in [0.4, 0.5) is 11.4 Å². The summed E-state index contributed by atoms with van der Waals surface area (Å²) in [5.74, 6) is 1.02. The third-order valence-electron chi connectivity index (χ3n) is 4.73. The molecule has 29 heavy (non-hydrogen) atoms. The highest BCUT2D eigenvalue weighted by Crippen LogP contribution is 2.24. The van der Waals surface area contributed by atoms with E-state index in [9.17, 15) is 4.79 Å². The lowest BCUT2D eigenvalue weighted by atomic mass is 10.0. The molecule has 0 radical (unpaired) electrons. The van der Waals surface area contributed by atoms with E-state index in [1.807, 2.05) is 42.5 Å². The molecule has 0 unspecified atom stereocenters. The second-order valence-electron chi connectivity index (χ2n) is 7.18. The fraction of sp³-hybridized carbons (Fsp3) is 0.250. The highest BCUT2D eigenvalue weighted by atomic mass is 16.5. The second kappa shape index (κ2) is 9.73. The topological polar surface area (TPSA) is 63.2 Å². The number of rotatable bonds is 8. The Kier molecular flexibility index (Phi) is 6.85. The first kappa shape index (κ1) is 20.4. The summed E-state index contributed by atoms with van der Waals surface area (Å²) in [6.45, 7) is 4.97. The van der Waals surface area contributed by atoms with Crippen LogP contribution in [0.3, 0.4) is 0 Å². The molecule has 2 N–H and O–H groups in total. The Hall–Kier alpha value is -3.34. The Morgan fingerprint density at radius 2 is 1.83 bits per heavy atom. The van der Waals surface area contributed by atoms with Crippen LogP contribution in [0.25, 0.3) is 0 Å². The van der Waals surface area contributed by atoms with Crippen LogP contribution in [-0.2, 0) is 6.42 Å². The normalized spacial score (nSPS) is 10.6. The van der Waals surface area contributed by atoms with E-state index in [0.29, 0.717) is 11.5 Å². The van der Waals surface area contributed by atoms with Crippen LogP contribution in [0.15, 0.2) is 67.0 Å². The van der Waals surface area contributed by atoms with Crippen LogP contribution in [0, 0.1) is 0 Å². The summed E-state index contributed by atoms with van der Waals surface area (Å²) in [7, 11) is 1.66. The number of hydrogen-bond donors (Lipinski definition) is 2. The maximum Gasteiger partial charge on any atom is 0.257 e. The number of ether oxygens (including phenoxy) is 1. The third kappa shape index (κ3) is 5.57. The van der Waals surface area contributed by atoms with E-state index < -0.39 is 0 Å².